The summed E-state index contributed by atoms with van der Waals surface area (Å²) in [7, 11) is 0. The van der Waals surface area contributed by atoms with Crippen molar-refractivity contribution in [3.05, 3.63) is 175 Å². The van der Waals surface area contributed by atoms with Crippen molar-refractivity contribution in [2.24, 2.45) is 0 Å². The maximum absolute atomic E-state index is 6.81. The molecular formula is C48H33N3O. The quantitative estimate of drug-likeness (QED) is 0.183. The molecule has 0 atom stereocenters. The summed E-state index contributed by atoms with van der Waals surface area (Å²) in [4.78, 5) is 15.6. The molecule has 2 heterocycles. The number of fused-ring (bicyclic) bond motifs is 6. The lowest BCUT2D eigenvalue weighted by Gasteiger charge is -2.21. The van der Waals surface area contributed by atoms with Gasteiger partial charge in [-0.1, -0.05) is 159 Å². The normalized spacial score (nSPS) is 13.0. The summed E-state index contributed by atoms with van der Waals surface area (Å²) in [6.07, 6.45) is 0. The number of para-hydroxylation sites is 2. The third-order valence-electron chi connectivity index (χ3n) is 10.6. The van der Waals surface area contributed by atoms with Crippen molar-refractivity contribution in [1.29, 1.82) is 0 Å². The Hall–Kier alpha value is -6.65. The Morgan fingerprint density at radius 3 is 1.63 bits per heavy atom. The molecule has 0 radical (unpaired) electrons. The van der Waals surface area contributed by atoms with Crippen molar-refractivity contribution < 1.29 is 4.42 Å². The molecule has 4 nitrogen and oxygen atoms in total. The Labute approximate surface area is 302 Å². The molecule has 0 aliphatic heterocycles. The minimum atomic E-state index is -0.152. The van der Waals surface area contributed by atoms with Crippen LogP contribution in [0.1, 0.15) is 25.0 Å². The van der Waals surface area contributed by atoms with Crippen LogP contribution in [0.25, 0.3) is 89.5 Å². The zero-order chi connectivity index (χ0) is 34.8. The molecule has 0 spiro atoms. The van der Waals surface area contributed by atoms with Gasteiger partial charge in [-0.2, -0.15) is 0 Å². The summed E-state index contributed by atoms with van der Waals surface area (Å²) < 4.78 is 6.81. The maximum atomic E-state index is 6.81. The van der Waals surface area contributed by atoms with Crippen LogP contribution in [0.3, 0.4) is 0 Å². The lowest BCUT2D eigenvalue weighted by Crippen LogP contribution is -2.15. The van der Waals surface area contributed by atoms with E-state index >= 15 is 0 Å². The van der Waals surface area contributed by atoms with E-state index < -0.39 is 0 Å². The van der Waals surface area contributed by atoms with Crippen LogP contribution in [-0.2, 0) is 5.41 Å². The van der Waals surface area contributed by atoms with E-state index in [0.29, 0.717) is 17.5 Å². The van der Waals surface area contributed by atoms with Gasteiger partial charge in [-0.05, 0) is 57.1 Å². The molecule has 1 aliphatic rings. The summed E-state index contributed by atoms with van der Waals surface area (Å²) in [5.41, 5.74) is 13.7. The topological polar surface area (TPSA) is 51.8 Å². The Bertz CT molecular complexity index is 2820. The molecule has 0 saturated carbocycles. The van der Waals surface area contributed by atoms with Crippen LogP contribution in [-0.4, -0.2) is 15.0 Å². The van der Waals surface area contributed by atoms with Gasteiger partial charge in [-0.25, -0.2) is 15.0 Å². The predicted octanol–water partition coefficient (Wildman–Crippen LogP) is 12.4. The molecular weight excluding hydrogens is 635 g/mol. The third kappa shape index (κ3) is 4.79. The van der Waals surface area contributed by atoms with Crippen molar-refractivity contribution in [2.45, 2.75) is 19.3 Å². The predicted molar refractivity (Wildman–Crippen MR) is 212 cm³/mol. The molecule has 0 amide bonds. The average molecular weight is 668 g/mol. The van der Waals surface area contributed by atoms with Crippen molar-refractivity contribution in [1.82, 2.24) is 15.0 Å². The van der Waals surface area contributed by atoms with Gasteiger partial charge in [0.25, 0.3) is 0 Å². The molecule has 10 rings (SSSR count). The first-order chi connectivity index (χ1) is 25.5. The molecule has 0 bridgehead atoms. The Morgan fingerprint density at radius 1 is 0.365 bits per heavy atom. The largest absolute Gasteiger partial charge is 0.455 e. The molecule has 0 fully saturated rings. The van der Waals surface area contributed by atoms with Crippen LogP contribution in [0.4, 0.5) is 0 Å². The number of hydrogen-bond acceptors (Lipinski definition) is 4. The second kappa shape index (κ2) is 11.7. The van der Waals surface area contributed by atoms with Crippen molar-refractivity contribution in [3.8, 4) is 67.5 Å². The van der Waals surface area contributed by atoms with Gasteiger partial charge in [-0.15, -0.1) is 0 Å². The van der Waals surface area contributed by atoms with Gasteiger partial charge in [0.1, 0.15) is 11.2 Å². The fourth-order valence-electron chi connectivity index (χ4n) is 7.91. The van der Waals surface area contributed by atoms with E-state index in [0.717, 1.165) is 60.9 Å². The standard InChI is InChI=1S/C48H33N3O/c1-48(2)41-25-10-9-20-36(41)37-27-26-34(29-42(37)48)46-49-45(33-19-11-18-32(28-33)30-14-5-3-6-15-30)50-47(51-46)40-24-13-23-39-38-22-12-21-35(43(38)52-44(39)40)31-16-7-4-8-17-31/h3-29H,1-2H3. The number of aromatic nitrogens is 3. The lowest BCUT2D eigenvalue weighted by molar-refractivity contribution is 0.660. The molecule has 52 heavy (non-hydrogen) atoms. The van der Waals surface area contributed by atoms with E-state index in [1.165, 1.54) is 22.3 Å². The highest BCUT2D eigenvalue weighted by atomic mass is 16.3. The van der Waals surface area contributed by atoms with E-state index in [-0.39, 0.29) is 5.41 Å². The SMILES string of the molecule is CC1(C)c2ccccc2-c2ccc(-c3nc(-c4cccc(-c5ccccc5)c4)nc(-c4cccc5c4oc4c(-c6ccccc6)cccc45)n3)cc21. The highest BCUT2D eigenvalue weighted by molar-refractivity contribution is 6.12. The summed E-state index contributed by atoms with van der Waals surface area (Å²) in [5.74, 6) is 1.80. The molecule has 0 N–H and O–H groups in total. The summed E-state index contributed by atoms with van der Waals surface area (Å²) in [6.45, 7) is 4.60. The molecule has 0 saturated heterocycles. The number of nitrogens with zero attached hydrogens (tertiary/aromatic N) is 3. The summed E-state index contributed by atoms with van der Waals surface area (Å²) in [5, 5.41) is 2.08. The number of hydrogen-bond donors (Lipinski definition) is 0. The van der Waals surface area contributed by atoms with Crippen LogP contribution in [0.5, 0.6) is 0 Å². The minimum Gasteiger partial charge on any atom is -0.455 e. The first-order valence-electron chi connectivity index (χ1n) is 17.7. The van der Waals surface area contributed by atoms with Crippen LogP contribution in [0.15, 0.2) is 168 Å². The number of rotatable bonds is 5. The van der Waals surface area contributed by atoms with Gasteiger partial charge >= 0.3 is 0 Å². The lowest BCUT2D eigenvalue weighted by atomic mass is 9.82. The van der Waals surface area contributed by atoms with Gasteiger partial charge < -0.3 is 4.42 Å². The fourth-order valence-corrected chi connectivity index (χ4v) is 7.91. The number of furan rings is 1. The molecule has 0 unspecified atom stereocenters. The number of benzene rings is 7. The molecule has 2 aromatic heterocycles. The highest BCUT2D eigenvalue weighted by Crippen LogP contribution is 2.49. The van der Waals surface area contributed by atoms with Gasteiger partial charge in [0, 0.05) is 32.9 Å². The van der Waals surface area contributed by atoms with Crippen molar-refractivity contribution in [3.63, 3.8) is 0 Å². The van der Waals surface area contributed by atoms with E-state index in [2.05, 4.69) is 166 Å². The van der Waals surface area contributed by atoms with Crippen LogP contribution >= 0.6 is 0 Å². The van der Waals surface area contributed by atoms with Crippen molar-refractivity contribution >= 4 is 21.9 Å². The maximum Gasteiger partial charge on any atom is 0.167 e. The van der Waals surface area contributed by atoms with E-state index in [1.54, 1.807) is 0 Å². The second-order valence-corrected chi connectivity index (χ2v) is 14.0. The molecule has 1 aliphatic carbocycles. The zero-order valence-electron chi connectivity index (χ0n) is 28.8. The first kappa shape index (κ1) is 30.2. The highest BCUT2D eigenvalue weighted by Gasteiger charge is 2.35. The van der Waals surface area contributed by atoms with Gasteiger partial charge in [0.15, 0.2) is 17.5 Å². The molecule has 7 aromatic carbocycles. The van der Waals surface area contributed by atoms with E-state index in [4.69, 9.17) is 19.4 Å². The molecule has 4 heteroatoms. The van der Waals surface area contributed by atoms with E-state index in [9.17, 15) is 0 Å². The Balaban J connectivity index is 1.19. The zero-order valence-corrected chi connectivity index (χ0v) is 28.8. The van der Waals surface area contributed by atoms with E-state index in [1.807, 2.05) is 12.1 Å². The van der Waals surface area contributed by atoms with Crippen LogP contribution in [0, 0.1) is 0 Å². The van der Waals surface area contributed by atoms with Crippen LogP contribution in [0.2, 0.25) is 0 Å². The Kier molecular flexibility index (Phi) is 6.80. The summed E-state index contributed by atoms with van der Waals surface area (Å²) >= 11 is 0. The summed E-state index contributed by atoms with van der Waals surface area (Å²) in [6, 6.07) is 57.2. The average Bonchev–Trinajstić information content (AvgIpc) is 3.70. The van der Waals surface area contributed by atoms with Gasteiger partial charge in [-0.3, -0.25) is 0 Å². The van der Waals surface area contributed by atoms with Gasteiger partial charge in [0.2, 0.25) is 0 Å². The monoisotopic (exact) mass is 667 g/mol. The van der Waals surface area contributed by atoms with Gasteiger partial charge in [0.05, 0.1) is 5.56 Å². The second-order valence-electron chi connectivity index (χ2n) is 14.0. The minimum absolute atomic E-state index is 0.152. The Morgan fingerprint density at radius 2 is 0.885 bits per heavy atom. The molecule has 246 valence electrons. The van der Waals surface area contributed by atoms with Crippen molar-refractivity contribution in [2.75, 3.05) is 0 Å². The fraction of sp³-hybridized carbons (Fsp3) is 0.0625. The first-order valence-corrected chi connectivity index (χ1v) is 17.7. The molecule has 9 aromatic rings. The van der Waals surface area contributed by atoms with Crippen LogP contribution < -0.4 is 0 Å². The third-order valence-corrected chi connectivity index (χ3v) is 10.6. The smallest absolute Gasteiger partial charge is 0.167 e.